The van der Waals surface area contributed by atoms with E-state index in [0.717, 1.165) is 5.56 Å². The van der Waals surface area contributed by atoms with E-state index >= 15 is 0 Å². The van der Waals surface area contributed by atoms with Crippen molar-refractivity contribution in [1.29, 1.82) is 0 Å². The van der Waals surface area contributed by atoms with Crippen LogP contribution in [-0.4, -0.2) is 16.7 Å². The molecule has 0 fully saturated rings. The first-order valence-electron chi connectivity index (χ1n) is 9.27. The maximum Gasteiger partial charge on any atom is 0.336 e. The number of benzene rings is 3. The topological polar surface area (TPSA) is 95.7 Å². The second-order valence-electron chi connectivity index (χ2n) is 6.61. The van der Waals surface area contributed by atoms with E-state index in [0.29, 0.717) is 11.1 Å². The number of hydrogen-bond acceptors (Lipinski definition) is 6. The number of fused-ring (bicyclic) bond motifs is 1. The quantitative estimate of drug-likeness (QED) is 0.195. The van der Waals surface area contributed by atoms with Crippen LogP contribution in [0, 0.1) is 10.1 Å². The number of carbonyl (C=O) groups is 2. The number of nitro groups is 1. The predicted octanol–water partition coefficient (Wildman–Crippen LogP) is 4.83. The van der Waals surface area contributed by atoms with Crippen LogP contribution < -0.4 is 9.47 Å². The molecule has 0 N–H and O–H groups in total. The molecule has 0 aromatic heterocycles. The van der Waals surface area contributed by atoms with Gasteiger partial charge in [0, 0.05) is 24.3 Å². The predicted molar refractivity (Wildman–Crippen MR) is 114 cm³/mol. The van der Waals surface area contributed by atoms with E-state index in [-0.39, 0.29) is 28.7 Å². The lowest BCUT2D eigenvalue weighted by molar-refractivity contribution is -0.384. The number of nitro benzene ring substituents is 1. The van der Waals surface area contributed by atoms with Crippen molar-refractivity contribution >= 4 is 29.6 Å². The van der Waals surface area contributed by atoms with E-state index in [2.05, 4.69) is 0 Å². The number of rotatable bonds is 5. The van der Waals surface area contributed by atoms with Crippen molar-refractivity contribution in [2.45, 2.75) is 0 Å². The monoisotopic (exact) mass is 413 g/mol. The van der Waals surface area contributed by atoms with Gasteiger partial charge in [-0.15, -0.1) is 0 Å². The molecule has 0 unspecified atom stereocenters. The largest absolute Gasteiger partial charge is 0.452 e. The van der Waals surface area contributed by atoms with Crippen LogP contribution in [0.2, 0.25) is 0 Å². The first kappa shape index (κ1) is 19.8. The first-order valence-corrected chi connectivity index (χ1v) is 9.27. The fraction of sp³-hybridized carbons (Fsp3) is 0. The fourth-order valence-electron chi connectivity index (χ4n) is 2.99. The summed E-state index contributed by atoms with van der Waals surface area (Å²) in [5.41, 5.74) is 1.55. The third kappa shape index (κ3) is 4.56. The highest BCUT2D eigenvalue weighted by Gasteiger charge is 2.28. The Labute approximate surface area is 177 Å². The lowest BCUT2D eigenvalue weighted by Crippen LogP contribution is -2.03. The molecule has 7 heteroatoms. The molecule has 3 aromatic rings. The van der Waals surface area contributed by atoms with E-state index in [1.807, 2.05) is 30.3 Å². The van der Waals surface area contributed by atoms with Gasteiger partial charge in [-0.25, -0.2) is 4.79 Å². The van der Waals surface area contributed by atoms with E-state index < -0.39 is 10.9 Å². The van der Waals surface area contributed by atoms with Crippen LogP contribution in [0.4, 0.5) is 5.69 Å². The molecule has 7 nitrogen and oxygen atoms in total. The standard InChI is InChI=1S/C24H15NO6/c26-23(12-9-16-5-2-1-3-6-16)30-19-10-11-20-21(15-19)31-22(24(20)27)14-17-7-4-8-18(13-17)25(28)29/h1-15H. The molecule has 1 aliphatic heterocycles. The summed E-state index contributed by atoms with van der Waals surface area (Å²) in [6, 6.07) is 19.6. The molecule has 0 amide bonds. The van der Waals surface area contributed by atoms with Crippen LogP contribution in [0.15, 0.2) is 84.6 Å². The molecule has 1 heterocycles. The summed E-state index contributed by atoms with van der Waals surface area (Å²) in [6.45, 7) is 0. The molecular formula is C24H15NO6. The van der Waals surface area contributed by atoms with Crippen LogP contribution >= 0.6 is 0 Å². The summed E-state index contributed by atoms with van der Waals surface area (Å²) in [5, 5.41) is 10.9. The number of allylic oxidation sites excluding steroid dienone is 1. The van der Waals surface area contributed by atoms with Gasteiger partial charge < -0.3 is 9.47 Å². The average molecular weight is 413 g/mol. The molecule has 0 saturated heterocycles. The summed E-state index contributed by atoms with van der Waals surface area (Å²) < 4.78 is 10.9. The summed E-state index contributed by atoms with van der Waals surface area (Å²) >= 11 is 0. The molecule has 3 aromatic carbocycles. The van der Waals surface area contributed by atoms with Crippen LogP contribution in [0.5, 0.6) is 11.5 Å². The highest BCUT2D eigenvalue weighted by Crippen LogP contribution is 2.35. The van der Waals surface area contributed by atoms with Crippen LogP contribution in [0.1, 0.15) is 21.5 Å². The number of ketones is 1. The molecule has 0 saturated carbocycles. The van der Waals surface area contributed by atoms with Crippen LogP contribution in [0.3, 0.4) is 0 Å². The van der Waals surface area contributed by atoms with Gasteiger partial charge in [0.1, 0.15) is 11.5 Å². The van der Waals surface area contributed by atoms with Gasteiger partial charge in [0.25, 0.3) is 5.69 Å². The van der Waals surface area contributed by atoms with Crippen LogP contribution in [0.25, 0.3) is 12.2 Å². The van der Waals surface area contributed by atoms with Crippen molar-refractivity contribution in [3.8, 4) is 11.5 Å². The summed E-state index contributed by atoms with van der Waals surface area (Å²) in [7, 11) is 0. The van der Waals surface area contributed by atoms with Gasteiger partial charge in [0.05, 0.1) is 10.5 Å². The molecule has 152 valence electrons. The van der Waals surface area contributed by atoms with Crippen molar-refractivity contribution in [2.24, 2.45) is 0 Å². The minimum atomic E-state index is -0.569. The second-order valence-corrected chi connectivity index (χ2v) is 6.61. The fourth-order valence-corrected chi connectivity index (χ4v) is 2.99. The molecule has 0 spiro atoms. The van der Waals surface area contributed by atoms with Crippen molar-refractivity contribution in [1.82, 2.24) is 0 Å². The molecule has 0 aliphatic carbocycles. The SMILES string of the molecule is O=C(C=Cc1ccccc1)Oc1ccc2c(c1)OC(=Cc1cccc([N+](=O)[O-])c1)C2=O. The van der Waals surface area contributed by atoms with Gasteiger partial charge in [-0.2, -0.15) is 0 Å². The van der Waals surface area contributed by atoms with Gasteiger partial charge in [-0.05, 0) is 35.4 Å². The molecule has 31 heavy (non-hydrogen) atoms. The number of Topliss-reactive ketones (excluding diaryl/α,β-unsaturated/α-hetero) is 1. The van der Waals surface area contributed by atoms with Gasteiger partial charge >= 0.3 is 5.97 Å². The number of carbonyl (C=O) groups excluding carboxylic acids is 2. The zero-order chi connectivity index (χ0) is 21.8. The number of nitrogens with zero attached hydrogens (tertiary/aromatic N) is 1. The summed E-state index contributed by atoms with van der Waals surface area (Å²) in [5.74, 6) is -0.420. The van der Waals surface area contributed by atoms with Gasteiger partial charge in [0.2, 0.25) is 5.78 Å². The lowest BCUT2D eigenvalue weighted by Gasteiger charge is -2.03. The van der Waals surface area contributed by atoms with Crippen molar-refractivity contribution < 1.29 is 24.0 Å². The van der Waals surface area contributed by atoms with Gasteiger partial charge in [0.15, 0.2) is 5.76 Å². The number of non-ortho nitro benzene ring substituents is 1. The zero-order valence-corrected chi connectivity index (χ0v) is 16.1. The Morgan fingerprint density at radius 2 is 1.74 bits per heavy atom. The Morgan fingerprint density at radius 3 is 2.52 bits per heavy atom. The molecule has 0 bridgehead atoms. The first-order chi connectivity index (χ1) is 15.0. The van der Waals surface area contributed by atoms with E-state index in [1.54, 1.807) is 12.1 Å². The molecular weight excluding hydrogens is 398 g/mol. The minimum absolute atomic E-state index is 0.0305. The second kappa shape index (κ2) is 8.46. The minimum Gasteiger partial charge on any atom is -0.452 e. The van der Waals surface area contributed by atoms with Crippen molar-refractivity contribution in [3.63, 3.8) is 0 Å². The number of hydrogen-bond donors (Lipinski definition) is 0. The van der Waals surface area contributed by atoms with Gasteiger partial charge in [-0.1, -0.05) is 42.5 Å². The molecule has 0 atom stereocenters. The van der Waals surface area contributed by atoms with Gasteiger partial charge in [-0.3, -0.25) is 14.9 Å². The zero-order valence-electron chi connectivity index (χ0n) is 16.1. The van der Waals surface area contributed by atoms with Crippen molar-refractivity contribution in [3.05, 3.63) is 111 Å². The maximum absolute atomic E-state index is 12.6. The smallest absolute Gasteiger partial charge is 0.336 e. The van der Waals surface area contributed by atoms with Crippen molar-refractivity contribution in [2.75, 3.05) is 0 Å². The van der Waals surface area contributed by atoms with E-state index in [4.69, 9.17) is 9.47 Å². The third-order valence-corrected chi connectivity index (χ3v) is 4.45. The molecule has 4 rings (SSSR count). The number of esters is 1. The third-order valence-electron chi connectivity index (χ3n) is 4.45. The Kier molecular flexibility index (Phi) is 5.40. The van der Waals surface area contributed by atoms with Crippen LogP contribution in [-0.2, 0) is 4.79 Å². The van der Waals surface area contributed by atoms with E-state index in [1.165, 1.54) is 48.6 Å². The normalized spacial score (nSPS) is 13.8. The maximum atomic E-state index is 12.6. The Morgan fingerprint density at radius 1 is 0.968 bits per heavy atom. The molecule has 1 aliphatic rings. The lowest BCUT2D eigenvalue weighted by atomic mass is 10.1. The number of ether oxygens (including phenoxy) is 2. The Bertz CT molecular complexity index is 1240. The highest BCUT2D eigenvalue weighted by molar-refractivity contribution is 6.14. The summed E-state index contributed by atoms with van der Waals surface area (Å²) in [6.07, 6.45) is 4.38. The van der Waals surface area contributed by atoms with E-state index in [9.17, 15) is 19.7 Å². The average Bonchev–Trinajstić information content (AvgIpc) is 3.07. The summed E-state index contributed by atoms with van der Waals surface area (Å²) in [4.78, 5) is 35.0. The molecule has 0 radical (unpaired) electrons. The highest BCUT2D eigenvalue weighted by atomic mass is 16.6. The Balaban J connectivity index is 1.49. The Hall–Kier alpha value is -4.52.